The number of hydrogen-bond acceptors (Lipinski definition) is 5. The predicted octanol–water partition coefficient (Wildman–Crippen LogP) is 1.41. The summed E-state index contributed by atoms with van der Waals surface area (Å²) in [5, 5.41) is 2.57. The minimum atomic E-state index is -3.98. The monoisotopic (exact) mass is 391 g/mol. The number of amides is 2. The molecule has 0 aromatic heterocycles. The summed E-state index contributed by atoms with van der Waals surface area (Å²) >= 11 is 0. The maximum atomic E-state index is 12.6. The lowest BCUT2D eigenvalue weighted by molar-refractivity contribution is -0.117. The molecule has 0 radical (unpaired) electrons. The number of aryl methyl sites for hydroxylation is 1. The molecule has 0 aliphatic heterocycles. The second-order valence-electron chi connectivity index (χ2n) is 5.93. The zero-order chi connectivity index (χ0) is 20.2. The Morgan fingerprint density at radius 3 is 2.30 bits per heavy atom. The molecule has 0 unspecified atom stereocenters. The van der Waals surface area contributed by atoms with Gasteiger partial charge in [-0.15, -0.1) is 0 Å². The van der Waals surface area contributed by atoms with E-state index in [0.717, 1.165) is 5.56 Å². The third-order valence-electron chi connectivity index (χ3n) is 3.77. The van der Waals surface area contributed by atoms with Gasteiger partial charge in [0, 0.05) is 11.3 Å². The summed E-state index contributed by atoms with van der Waals surface area (Å²) in [6, 6.07) is 9.63. The average molecular weight is 391 g/mol. The van der Waals surface area contributed by atoms with Crippen LogP contribution in [-0.2, 0) is 14.8 Å². The molecule has 1 atom stereocenters. The zero-order valence-electron chi connectivity index (χ0n) is 15.1. The molecule has 0 aliphatic carbocycles. The Hall–Kier alpha value is -2.91. The molecule has 0 heterocycles. The van der Waals surface area contributed by atoms with Gasteiger partial charge in [-0.3, -0.25) is 9.59 Å². The number of primary amides is 1. The van der Waals surface area contributed by atoms with Crippen LogP contribution in [0.2, 0.25) is 0 Å². The number of anilines is 1. The normalized spacial score (nSPS) is 12.3. The van der Waals surface area contributed by atoms with Crippen molar-refractivity contribution < 1.29 is 22.7 Å². The minimum absolute atomic E-state index is 0.0459. The van der Waals surface area contributed by atoms with Crippen molar-refractivity contribution in [1.82, 2.24) is 4.72 Å². The van der Waals surface area contributed by atoms with Crippen molar-refractivity contribution in [1.29, 1.82) is 0 Å². The van der Waals surface area contributed by atoms with E-state index in [1.165, 1.54) is 44.4 Å². The van der Waals surface area contributed by atoms with Crippen molar-refractivity contribution in [2.24, 2.45) is 5.73 Å². The van der Waals surface area contributed by atoms with E-state index in [2.05, 4.69) is 10.0 Å². The van der Waals surface area contributed by atoms with Gasteiger partial charge in [0.25, 0.3) is 0 Å². The van der Waals surface area contributed by atoms with E-state index in [1.54, 1.807) is 19.1 Å². The number of hydrogen-bond donors (Lipinski definition) is 3. The molecule has 0 saturated carbocycles. The minimum Gasteiger partial charge on any atom is -0.495 e. The van der Waals surface area contributed by atoms with Gasteiger partial charge >= 0.3 is 0 Å². The Balaban J connectivity index is 2.13. The van der Waals surface area contributed by atoms with E-state index in [9.17, 15) is 18.0 Å². The number of benzene rings is 2. The predicted molar refractivity (Wildman–Crippen MR) is 101 cm³/mol. The standard InChI is InChI=1S/C18H21N3O5S/c1-11-4-9-15(26-3)16(10-11)27(24,25)21-12(2)18(23)20-14-7-5-13(6-8-14)17(19)22/h4-10,12,21H,1-3H3,(H2,19,22)(H,20,23)/t12-/m1/s1. The third kappa shape index (κ3) is 5.05. The van der Waals surface area contributed by atoms with E-state index >= 15 is 0 Å². The fourth-order valence-electron chi connectivity index (χ4n) is 2.31. The first-order valence-corrected chi connectivity index (χ1v) is 9.50. The highest BCUT2D eigenvalue weighted by Gasteiger charge is 2.25. The van der Waals surface area contributed by atoms with Crippen molar-refractivity contribution in [3.05, 3.63) is 53.6 Å². The Morgan fingerprint density at radius 1 is 1.11 bits per heavy atom. The molecule has 27 heavy (non-hydrogen) atoms. The van der Waals surface area contributed by atoms with Crippen LogP contribution in [0.1, 0.15) is 22.8 Å². The molecule has 0 bridgehead atoms. The number of carbonyl (C=O) groups is 2. The lowest BCUT2D eigenvalue weighted by atomic mass is 10.2. The molecular formula is C18H21N3O5S. The third-order valence-corrected chi connectivity index (χ3v) is 5.33. The van der Waals surface area contributed by atoms with E-state index < -0.39 is 27.9 Å². The van der Waals surface area contributed by atoms with E-state index in [0.29, 0.717) is 11.3 Å². The Morgan fingerprint density at radius 2 is 1.74 bits per heavy atom. The van der Waals surface area contributed by atoms with Crippen LogP contribution in [-0.4, -0.2) is 33.4 Å². The van der Waals surface area contributed by atoms with Crippen molar-refractivity contribution >= 4 is 27.5 Å². The summed E-state index contributed by atoms with van der Waals surface area (Å²) in [7, 11) is -2.61. The molecule has 4 N–H and O–H groups in total. The van der Waals surface area contributed by atoms with Crippen LogP contribution >= 0.6 is 0 Å². The Bertz CT molecular complexity index is 955. The van der Waals surface area contributed by atoms with Gasteiger partial charge in [-0.05, 0) is 55.8 Å². The fourth-order valence-corrected chi connectivity index (χ4v) is 3.77. The molecule has 9 heteroatoms. The number of carbonyl (C=O) groups excluding carboxylic acids is 2. The summed E-state index contributed by atoms with van der Waals surface area (Å²) in [5.74, 6) is -0.958. The van der Waals surface area contributed by atoms with Gasteiger partial charge in [0.2, 0.25) is 21.8 Å². The second kappa shape index (κ2) is 8.19. The fraction of sp³-hybridized carbons (Fsp3) is 0.222. The van der Waals surface area contributed by atoms with Gasteiger partial charge in [-0.1, -0.05) is 6.07 Å². The SMILES string of the molecule is COc1ccc(C)cc1S(=O)(=O)N[C@H](C)C(=O)Nc1ccc(C(N)=O)cc1. The molecule has 0 fully saturated rings. The van der Waals surface area contributed by atoms with Crippen LogP contribution in [0, 0.1) is 6.92 Å². The molecular weight excluding hydrogens is 370 g/mol. The second-order valence-corrected chi connectivity index (χ2v) is 7.61. The maximum Gasteiger partial charge on any atom is 0.248 e. The highest BCUT2D eigenvalue weighted by atomic mass is 32.2. The van der Waals surface area contributed by atoms with Crippen LogP contribution in [0.15, 0.2) is 47.4 Å². The van der Waals surface area contributed by atoms with Crippen LogP contribution in [0.5, 0.6) is 5.75 Å². The van der Waals surface area contributed by atoms with Gasteiger partial charge in [0.05, 0.1) is 13.2 Å². The van der Waals surface area contributed by atoms with Gasteiger partial charge in [0.15, 0.2) is 0 Å². The number of nitrogens with two attached hydrogens (primary N) is 1. The smallest absolute Gasteiger partial charge is 0.248 e. The first kappa shape index (κ1) is 20.4. The number of nitrogens with one attached hydrogen (secondary N) is 2. The average Bonchev–Trinajstić information content (AvgIpc) is 2.61. The number of sulfonamides is 1. The quantitative estimate of drug-likeness (QED) is 0.657. The van der Waals surface area contributed by atoms with E-state index in [4.69, 9.17) is 10.5 Å². The molecule has 0 spiro atoms. The summed E-state index contributed by atoms with van der Waals surface area (Å²) in [5.41, 5.74) is 6.60. The van der Waals surface area contributed by atoms with Crippen molar-refractivity contribution in [2.75, 3.05) is 12.4 Å². The summed E-state index contributed by atoms with van der Waals surface area (Å²) in [6.07, 6.45) is 0. The number of ether oxygens (including phenoxy) is 1. The maximum absolute atomic E-state index is 12.6. The Kier molecular flexibility index (Phi) is 6.19. The lowest BCUT2D eigenvalue weighted by Crippen LogP contribution is -2.41. The molecule has 2 amide bonds. The first-order chi connectivity index (χ1) is 12.6. The molecule has 2 aromatic rings. The summed E-state index contributed by atoms with van der Waals surface area (Å²) in [4.78, 5) is 23.3. The number of rotatable bonds is 7. The van der Waals surface area contributed by atoms with Gasteiger partial charge < -0.3 is 15.8 Å². The molecule has 0 aliphatic rings. The molecule has 144 valence electrons. The van der Waals surface area contributed by atoms with E-state index in [-0.39, 0.29) is 10.6 Å². The van der Waals surface area contributed by atoms with Gasteiger partial charge in [-0.2, -0.15) is 4.72 Å². The largest absolute Gasteiger partial charge is 0.495 e. The Labute approximate surface area is 157 Å². The molecule has 2 aromatic carbocycles. The van der Waals surface area contributed by atoms with Crippen molar-refractivity contribution in [2.45, 2.75) is 24.8 Å². The lowest BCUT2D eigenvalue weighted by Gasteiger charge is -2.16. The highest BCUT2D eigenvalue weighted by Crippen LogP contribution is 2.24. The topological polar surface area (TPSA) is 128 Å². The molecule has 8 nitrogen and oxygen atoms in total. The number of methoxy groups -OCH3 is 1. The first-order valence-electron chi connectivity index (χ1n) is 8.01. The molecule has 2 rings (SSSR count). The summed E-state index contributed by atoms with van der Waals surface area (Å²) in [6.45, 7) is 3.18. The highest BCUT2D eigenvalue weighted by molar-refractivity contribution is 7.89. The zero-order valence-corrected chi connectivity index (χ0v) is 16.0. The van der Waals surface area contributed by atoms with Gasteiger partial charge in [0.1, 0.15) is 10.6 Å². The van der Waals surface area contributed by atoms with Crippen LogP contribution in [0.25, 0.3) is 0 Å². The van der Waals surface area contributed by atoms with Crippen LogP contribution < -0.4 is 20.5 Å². The van der Waals surface area contributed by atoms with E-state index in [1.807, 2.05) is 0 Å². The van der Waals surface area contributed by atoms with Crippen molar-refractivity contribution in [3.63, 3.8) is 0 Å². The van der Waals surface area contributed by atoms with Crippen molar-refractivity contribution in [3.8, 4) is 5.75 Å². The van der Waals surface area contributed by atoms with Gasteiger partial charge in [-0.25, -0.2) is 8.42 Å². The molecule has 0 saturated heterocycles. The van der Waals surface area contributed by atoms with Crippen LogP contribution in [0.3, 0.4) is 0 Å². The summed E-state index contributed by atoms with van der Waals surface area (Å²) < 4.78 is 32.7. The van der Waals surface area contributed by atoms with Crippen LogP contribution in [0.4, 0.5) is 5.69 Å².